The molecular formula is C15H23BrN2O. The van der Waals surface area contributed by atoms with Gasteiger partial charge in [-0.1, -0.05) is 46.2 Å². The summed E-state index contributed by atoms with van der Waals surface area (Å²) in [4.78, 5) is 12.5. The molecule has 0 heterocycles. The van der Waals surface area contributed by atoms with E-state index in [0.29, 0.717) is 5.56 Å². The summed E-state index contributed by atoms with van der Waals surface area (Å²) in [5.41, 5.74) is 0.567. The average Bonchev–Trinajstić information content (AvgIpc) is 2.33. The fraction of sp³-hybridized carbons (Fsp3) is 0.533. The Balaban J connectivity index is 3.01. The molecule has 1 aromatic carbocycles. The largest absolute Gasteiger partial charge is 0.273 e. The Hall–Kier alpha value is -0.870. The van der Waals surface area contributed by atoms with E-state index in [1.165, 1.54) is 5.01 Å². The zero-order valence-electron chi connectivity index (χ0n) is 12.1. The zero-order chi connectivity index (χ0) is 14.6. The predicted molar refractivity (Wildman–Crippen MR) is 82.6 cm³/mol. The van der Waals surface area contributed by atoms with Gasteiger partial charge in [0.05, 0.1) is 11.6 Å². The molecule has 106 valence electrons. The van der Waals surface area contributed by atoms with E-state index in [9.17, 15) is 4.79 Å². The quantitative estimate of drug-likeness (QED) is 0.516. The van der Waals surface area contributed by atoms with Crippen LogP contribution in [-0.2, 0) is 0 Å². The van der Waals surface area contributed by atoms with Crippen LogP contribution in [0.25, 0.3) is 0 Å². The second-order valence-corrected chi connectivity index (χ2v) is 6.72. The second kappa shape index (κ2) is 6.53. The first-order chi connectivity index (χ1) is 8.79. The lowest BCUT2D eigenvalue weighted by Crippen LogP contribution is -2.51. The predicted octanol–water partition coefficient (Wildman–Crippen LogP) is 3.98. The van der Waals surface area contributed by atoms with Crippen molar-refractivity contribution in [3.05, 3.63) is 34.3 Å². The number of rotatable bonds is 4. The van der Waals surface area contributed by atoms with Gasteiger partial charge < -0.3 is 0 Å². The maximum Gasteiger partial charge on any atom is 0.269 e. The van der Waals surface area contributed by atoms with Gasteiger partial charge in [-0.2, -0.15) is 0 Å². The van der Waals surface area contributed by atoms with Gasteiger partial charge in [0.1, 0.15) is 0 Å². The van der Waals surface area contributed by atoms with Crippen molar-refractivity contribution < 1.29 is 4.79 Å². The van der Waals surface area contributed by atoms with E-state index >= 15 is 0 Å². The third-order valence-electron chi connectivity index (χ3n) is 3.24. The highest BCUT2D eigenvalue weighted by Gasteiger charge is 2.32. The minimum Gasteiger partial charge on any atom is -0.273 e. The first kappa shape index (κ1) is 16.2. The molecule has 1 aromatic rings. The van der Waals surface area contributed by atoms with Crippen molar-refractivity contribution >= 4 is 21.8 Å². The SMILES string of the molecule is CCCC(N(N)C(=O)c1ccccc1Br)C(C)(C)C. The molecule has 4 heteroatoms. The molecule has 1 atom stereocenters. The molecule has 0 fully saturated rings. The number of hydrazine groups is 1. The number of carbonyl (C=O) groups excluding carboxylic acids is 1. The van der Waals surface area contributed by atoms with Gasteiger partial charge in [0.2, 0.25) is 0 Å². The smallest absolute Gasteiger partial charge is 0.269 e. The Labute approximate surface area is 124 Å². The van der Waals surface area contributed by atoms with Gasteiger partial charge in [-0.25, -0.2) is 5.84 Å². The van der Waals surface area contributed by atoms with Crippen molar-refractivity contribution in [1.29, 1.82) is 0 Å². The number of carbonyl (C=O) groups is 1. The van der Waals surface area contributed by atoms with E-state index in [1.807, 2.05) is 18.2 Å². The maximum absolute atomic E-state index is 12.5. The zero-order valence-corrected chi connectivity index (χ0v) is 13.7. The van der Waals surface area contributed by atoms with Crippen molar-refractivity contribution in [3.8, 4) is 0 Å². The van der Waals surface area contributed by atoms with Crippen LogP contribution in [0.15, 0.2) is 28.7 Å². The second-order valence-electron chi connectivity index (χ2n) is 5.86. The number of amides is 1. The average molecular weight is 327 g/mol. The molecule has 1 unspecified atom stereocenters. The minimum absolute atomic E-state index is 0.0251. The van der Waals surface area contributed by atoms with Gasteiger partial charge in [-0.15, -0.1) is 0 Å². The summed E-state index contributed by atoms with van der Waals surface area (Å²) in [6.45, 7) is 8.44. The van der Waals surface area contributed by atoms with Crippen molar-refractivity contribution in [3.63, 3.8) is 0 Å². The van der Waals surface area contributed by atoms with E-state index in [-0.39, 0.29) is 17.4 Å². The Morgan fingerprint density at radius 1 is 1.37 bits per heavy atom. The Morgan fingerprint density at radius 2 is 1.95 bits per heavy atom. The monoisotopic (exact) mass is 326 g/mol. The molecule has 0 aliphatic rings. The van der Waals surface area contributed by atoms with Crippen LogP contribution >= 0.6 is 15.9 Å². The van der Waals surface area contributed by atoms with Crippen LogP contribution in [-0.4, -0.2) is 17.0 Å². The van der Waals surface area contributed by atoms with Gasteiger partial charge in [-0.3, -0.25) is 9.80 Å². The highest BCUT2D eigenvalue weighted by Crippen LogP contribution is 2.28. The molecule has 0 saturated carbocycles. The van der Waals surface area contributed by atoms with Gasteiger partial charge in [0, 0.05) is 4.47 Å². The molecule has 2 N–H and O–H groups in total. The highest BCUT2D eigenvalue weighted by atomic mass is 79.9. The van der Waals surface area contributed by atoms with Gasteiger partial charge in [0.25, 0.3) is 5.91 Å². The van der Waals surface area contributed by atoms with Crippen LogP contribution in [0.5, 0.6) is 0 Å². The Morgan fingerprint density at radius 3 is 2.42 bits per heavy atom. The first-order valence-corrected chi connectivity index (χ1v) is 7.41. The summed E-state index contributed by atoms with van der Waals surface area (Å²) in [7, 11) is 0. The van der Waals surface area contributed by atoms with Crippen molar-refractivity contribution in [2.75, 3.05) is 0 Å². The number of halogens is 1. The fourth-order valence-electron chi connectivity index (χ4n) is 2.18. The van der Waals surface area contributed by atoms with Crippen LogP contribution in [0.2, 0.25) is 0 Å². The van der Waals surface area contributed by atoms with Crippen LogP contribution in [0, 0.1) is 5.41 Å². The van der Waals surface area contributed by atoms with Gasteiger partial charge >= 0.3 is 0 Å². The molecule has 0 aromatic heterocycles. The summed E-state index contributed by atoms with van der Waals surface area (Å²) in [5, 5.41) is 1.39. The lowest BCUT2D eigenvalue weighted by atomic mass is 9.83. The molecule has 3 nitrogen and oxygen atoms in total. The summed E-state index contributed by atoms with van der Waals surface area (Å²) in [6, 6.07) is 7.40. The maximum atomic E-state index is 12.5. The van der Waals surface area contributed by atoms with E-state index in [0.717, 1.165) is 17.3 Å². The highest BCUT2D eigenvalue weighted by molar-refractivity contribution is 9.10. The molecule has 0 bridgehead atoms. The van der Waals surface area contributed by atoms with E-state index in [4.69, 9.17) is 5.84 Å². The molecule has 1 amide bonds. The molecular weight excluding hydrogens is 304 g/mol. The summed E-state index contributed by atoms with van der Waals surface area (Å²) in [5.74, 6) is 5.96. The molecule has 0 saturated heterocycles. The summed E-state index contributed by atoms with van der Waals surface area (Å²) < 4.78 is 0.777. The molecule has 0 spiro atoms. The molecule has 19 heavy (non-hydrogen) atoms. The van der Waals surface area contributed by atoms with E-state index in [1.54, 1.807) is 6.07 Å². The standard InChI is InChI=1S/C15H23BrN2O/c1-5-8-13(15(2,3)4)18(17)14(19)11-9-6-7-10-12(11)16/h6-7,9-10,13H,5,8,17H2,1-4H3. The van der Waals surface area contributed by atoms with E-state index < -0.39 is 0 Å². The van der Waals surface area contributed by atoms with Crippen LogP contribution in [0.3, 0.4) is 0 Å². The lowest BCUT2D eigenvalue weighted by Gasteiger charge is -2.37. The number of hydrogen-bond donors (Lipinski definition) is 1. The van der Waals surface area contributed by atoms with Crippen LogP contribution < -0.4 is 5.84 Å². The molecule has 1 rings (SSSR count). The van der Waals surface area contributed by atoms with Gasteiger partial charge in [-0.05, 0) is 39.9 Å². The van der Waals surface area contributed by atoms with Crippen LogP contribution in [0.1, 0.15) is 50.9 Å². The molecule has 0 aliphatic carbocycles. The third kappa shape index (κ3) is 4.05. The topological polar surface area (TPSA) is 46.3 Å². The first-order valence-electron chi connectivity index (χ1n) is 6.61. The van der Waals surface area contributed by atoms with Crippen molar-refractivity contribution in [1.82, 2.24) is 5.01 Å². The van der Waals surface area contributed by atoms with Crippen molar-refractivity contribution in [2.45, 2.75) is 46.6 Å². The normalized spacial score (nSPS) is 13.2. The fourth-order valence-corrected chi connectivity index (χ4v) is 2.63. The van der Waals surface area contributed by atoms with E-state index in [2.05, 4.69) is 43.6 Å². The minimum atomic E-state index is -0.138. The number of benzene rings is 1. The molecule has 0 radical (unpaired) electrons. The summed E-state index contributed by atoms with van der Waals surface area (Å²) in [6.07, 6.45) is 1.90. The Bertz CT molecular complexity index is 440. The lowest BCUT2D eigenvalue weighted by molar-refractivity contribution is 0.0491. The molecule has 0 aliphatic heterocycles. The number of nitrogens with two attached hydrogens (primary N) is 1. The Kier molecular flexibility index (Phi) is 5.56. The van der Waals surface area contributed by atoms with Crippen molar-refractivity contribution in [2.24, 2.45) is 11.3 Å². The van der Waals surface area contributed by atoms with Crippen LogP contribution in [0.4, 0.5) is 0 Å². The number of nitrogens with zero attached hydrogens (tertiary/aromatic N) is 1. The number of hydrogen-bond acceptors (Lipinski definition) is 2. The van der Waals surface area contributed by atoms with Gasteiger partial charge in [0.15, 0.2) is 0 Å². The summed E-state index contributed by atoms with van der Waals surface area (Å²) >= 11 is 3.40. The third-order valence-corrected chi connectivity index (χ3v) is 3.93.